The van der Waals surface area contributed by atoms with Crippen LogP contribution in [0.15, 0.2) is 42.5 Å². The zero-order valence-corrected chi connectivity index (χ0v) is 12.7. The molecule has 0 aliphatic heterocycles. The molecule has 1 N–H and O–H groups in total. The number of hydrogen-bond acceptors (Lipinski definition) is 2. The minimum absolute atomic E-state index is 0.624. The fourth-order valence-corrected chi connectivity index (χ4v) is 2.86. The van der Waals surface area contributed by atoms with Crippen molar-refractivity contribution >= 4 is 45.8 Å². The number of benzene rings is 2. The van der Waals surface area contributed by atoms with E-state index < -0.39 is 0 Å². The van der Waals surface area contributed by atoms with E-state index in [2.05, 4.69) is 39.7 Å². The molecule has 0 aliphatic rings. The van der Waals surface area contributed by atoms with Gasteiger partial charge in [-0.05, 0) is 71.2 Å². The van der Waals surface area contributed by atoms with Crippen LogP contribution < -0.4 is 0 Å². The van der Waals surface area contributed by atoms with Gasteiger partial charge in [0.2, 0.25) is 0 Å². The van der Waals surface area contributed by atoms with Crippen molar-refractivity contribution in [3.05, 3.63) is 56.4 Å². The van der Waals surface area contributed by atoms with Crippen LogP contribution in [0.4, 0.5) is 0 Å². The van der Waals surface area contributed by atoms with Gasteiger partial charge in [-0.1, -0.05) is 6.07 Å². The van der Waals surface area contributed by atoms with Gasteiger partial charge in [-0.25, -0.2) is 0 Å². The van der Waals surface area contributed by atoms with E-state index in [4.69, 9.17) is 17.5 Å². The number of nitrogens with one attached hydrogen (secondary N) is 1. The molecule has 2 aromatic carbocycles. The standard InChI is InChI=1S/C14H8IN3S/c15-10-4-5-13-12(7-10)17-14(19)18(13)11-3-1-2-9(6-11)8-16/h1-7H,(H,17,19). The Balaban J connectivity index is 2.33. The molecule has 0 fully saturated rings. The summed E-state index contributed by atoms with van der Waals surface area (Å²) in [6, 6.07) is 15.7. The van der Waals surface area contributed by atoms with Gasteiger partial charge in [0.05, 0.1) is 22.7 Å². The number of nitriles is 1. The number of aromatic nitrogens is 2. The maximum atomic E-state index is 8.98. The Morgan fingerprint density at radius 3 is 2.84 bits per heavy atom. The fourth-order valence-electron chi connectivity index (χ4n) is 2.05. The lowest BCUT2D eigenvalue weighted by atomic mass is 10.2. The van der Waals surface area contributed by atoms with Crippen LogP contribution in [-0.4, -0.2) is 9.55 Å². The Morgan fingerprint density at radius 1 is 1.21 bits per heavy atom. The van der Waals surface area contributed by atoms with Crippen molar-refractivity contribution in [3.63, 3.8) is 0 Å². The summed E-state index contributed by atoms with van der Waals surface area (Å²) >= 11 is 7.65. The van der Waals surface area contributed by atoms with Gasteiger partial charge < -0.3 is 4.98 Å². The zero-order valence-electron chi connectivity index (χ0n) is 9.72. The van der Waals surface area contributed by atoms with E-state index in [9.17, 15) is 0 Å². The molecule has 0 saturated heterocycles. The highest BCUT2D eigenvalue weighted by Gasteiger charge is 2.07. The molecule has 0 atom stereocenters. The molecule has 0 bridgehead atoms. The lowest BCUT2D eigenvalue weighted by Gasteiger charge is -2.04. The summed E-state index contributed by atoms with van der Waals surface area (Å²) in [5.74, 6) is 0. The quantitative estimate of drug-likeness (QED) is 0.511. The first-order chi connectivity index (χ1) is 9.19. The highest BCUT2D eigenvalue weighted by Crippen LogP contribution is 2.21. The summed E-state index contributed by atoms with van der Waals surface area (Å²) in [6.07, 6.45) is 0. The molecule has 3 rings (SSSR count). The van der Waals surface area contributed by atoms with E-state index >= 15 is 0 Å². The van der Waals surface area contributed by atoms with Crippen LogP contribution in [0.5, 0.6) is 0 Å². The SMILES string of the molecule is N#Cc1cccc(-n2c(=S)[nH]c3cc(I)ccc32)c1. The van der Waals surface area contributed by atoms with E-state index in [0.717, 1.165) is 20.3 Å². The Bertz CT molecular complexity index is 870. The maximum absolute atomic E-state index is 8.98. The number of rotatable bonds is 1. The lowest BCUT2D eigenvalue weighted by Crippen LogP contribution is -1.94. The van der Waals surface area contributed by atoms with Gasteiger partial charge in [0.1, 0.15) is 0 Å². The van der Waals surface area contributed by atoms with Gasteiger partial charge in [-0.3, -0.25) is 4.57 Å². The highest BCUT2D eigenvalue weighted by atomic mass is 127. The summed E-state index contributed by atoms with van der Waals surface area (Å²) in [7, 11) is 0. The third-order valence-corrected chi connectivity index (χ3v) is 3.83. The molecule has 3 nitrogen and oxygen atoms in total. The zero-order chi connectivity index (χ0) is 13.4. The molecule has 0 spiro atoms. The first-order valence-corrected chi connectivity index (χ1v) is 7.08. The van der Waals surface area contributed by atoms with Crippen LogP contribution in [0.3, 0.4) is 0 Å². The second-order valence-corrected chi connectivity index (χ2v) is 5.72. The minimum Gasteiger partial charge on any atom is -0.330 e. The van der Waals surface area contributed by atoms with Gasteiger partial charge in [0.15, 0.2) is 4.77 Å². The molecule has 0 saturated carbocycles. The summed E-state index contributed by atoms with van der Waals surface area (Å²) < 4.78 is 3.73. The van der Waals surface area contributed by atoms with Crippen molar-refractivity contribution in [1.29, 1.82) is 5.26 Å². The van der Waals surface area contributed by atoms with Crippen molar-refractivity contribution in [3.8, 4) is 11.8 Å². The molecule has 1 heterocycles. The first-order valence-electron chi connectivity index (χ1n) is 5.60. The molecule has 92 valence electrons. The normalized spacial score (nSPS) is 10.5. The molecule has 0 unspecified atom stereocenters. The second kappa shape index (κ2) is 4.79. The molecule has 0 aliphatic carbocycles. The van der Waals surface area contributed by atoms with Crippen molar-refractivity contribution in [2.24, 2.45) is 0 Å². The van der Waals surface area contributed by atoms with E-state index in [-0.39, 0.29) is 0 Å². The summed E-state index contributed by atoms with van der Waals surface area (Å²) in [5.41, 5.74) is 3.54. The second-order valence-electron chi connectivity index (χ2n) is 4.09. The molecule has 19 heavy (non-hydrogen) atoms. The summed E-state index contributed by atoms with van der Waals surface area (Å²) in [6.45, 7) is 0. The van der Waals surface area contributed by atoms with Gasteiger partial charge in [0, 0.05) is 9.26 Å². The summed E-state index contributed by atoms with van der Waals surface area (Å²) in [5, 5.41) is 8.98. The number of fused-ring (bicyclic) bond motifs is 1. The third-order valence-electron chi connectivity index (χ3n) is 2.88. The Kier molecular flexibility index (Phi) is 3.12. The Labute approximate surface area is 128 Å². The van der Waals surface area contributed by atoms with E-state index in [1.54, 1.807) is 6.07 Å². The predicted octanol–water partition coefficient (Wildman–Crippen LogP) is 4.16. The average Bonchev–Trinajstić information content (AvgIpc) is 2.73. The van der Waals surface area contributed by atoms with Crippen molar-refractivity contribution in [2.45, 2.75) is 0 Å². The van der Waals surface area contributed by atoms with Crippen molar-refractivity contribution in [2.75, 3.05) is 0 Å². The van der Waals surface area contributed by atoms with Gasteiger partial charge in [-0.15, -0.1) is 0 Å². The van der Waals surface area contributed by atoms with Gasteiger partial charge in [-0.2, -0.15) is 5.26 Å². The number of H-pyrrole nitrogens is 1. The Morgan fingerprint density at radius 2 is 2.05 bits per heavy atom. The third kappa shape index (κ3) is 2.17. The molecule has 5 heteroatoms. The largest absolute Gasteiger partial charge is 0.330 e. The lowest BCUT2D eigenvalue weighted by molar-refractivity contribution is 1.06. The number of aromatic amines is 1. The van der Waals surface area contributed by atoms with Crippen LogP contribution in [-0.2, 0) is 0 Å². The molecule has 0 radical (unpaired) electrons. The van der Waals surface area contributed by atoms with Gasteiger partial charge >= 0.3 is 0 Å². The van der Waals surface area contributed by atoms with Crippen LogP contribution >= 0.6 is 34.8 Å². The first kappa shape index (κ1) is 12.4. The van der Waals surface area contributed by atoms with Crippen LogP contribution in [0.2, 0.25) is 0 Å². The number of imidazole rings is 1. The smallest absolute Gasteiger partial charge is 0.182 e. The minimum atomic E-state index is 0.624. The molecule has 0 amide bonds. The van der Waals surface area contributed by atoms with Crippen LogP contribution in [0.1, 0.15) is 5.56 Å². The van der Waals surface area contributed by atoms with Crippen molar-refractivity contribution in [1.82, 2.24) is 9.55 Å². The Hall–Kier alpha value is -1.65. The molecule has 3 aromatic rings. The predicted molar refractivity (Wildman–Crippen MR) is 85.9 cm³/mol. The van der Waals surface area contributed by atoms with E-state index in [1.165, 1.54) is 0 Å². The summed E-state index contributed by atoms with van der Waals surface area (Å²) in [4.78, 5) is 3.19. The monoisotopic (exact) mass is 377 g/mol. The fraction of sp³-hybridized carbons (Fsp3) is 0. The number of nitrogens with zero attached hydrogens (tertiary/aromatic N) is 2. The number of halogens is 1. The van der Waals surface area contributed by atoms with E-state index in [0.29, 0.717) is 10.3 Å². The van der Waals surface area contributed by atoms with Crippen molar-refractivity contribution < 1.29 is 0 Å². The molecular formula is C14H8IN3S. The average molecular weight is 377 g/mol. The van der Waals surface area contributed by atoms with Gasteiger partial charge in [0.25, 0.3) is 0 Å². The van der Waals surface area contributed by atoms with Crippen LogP contribution in [0, 0.1) is 19.7 Å². The van der Waals surface area contributed by atoms with E-state index in [1.807, 2.05) is 34.9 Å². The number of hydrogen-bond donors (Lipinski definition) is 1. The van der Waals surface area contributed by atoms with Crippen LogP contribution in [0.25, 0.3) is 16.7 Å². The topological polar surface area (TPSA) is 44.5 Å². The highest BCUT2D eigenvalue weighted by molar-refractivity contribution is 14.1. The maximum Gasteiger partial charge on any atom is 0.182 e. The molecule has 1 aromatic heterocycles. The molecular weight excluding hydrogens is 369 g/mol.